The zero-order valence-corrected chi connectivity index (χ0v) is 10.9. The van der Waals surface area contributed by atoms with Crippen LogP contribution in [-0.2, 0) is 21.5 Å². The summed E-state index contributed by atoms with van der Waals surface area (Å²) in [6, 6.07) is 0. The Morgan fingerprint density at radius 2 is 2.33 bits per heavy atom. The van der Waals surface area contributed by atoms with Crippen molar-refractivity contribution >= 4 is 0 Å². The number of rotatable bonds is 5. The molecule has 102 valence electrons. The van der Waals surface area contributed by atoms with E-state index >= 15 is 0 Å². The van der Waals surface area contributed by atoms with Crippen LogP contribution in [0.5, 0.6) is 0 Å². The van der Waals surface area contributed by atoms with Gasteiger partial charge in [0.25, 0.3) is 0 Å². The molecule has 6 nitrogen and oxygen atoms in total. The van der Waals surface area contributed by atoms with Crippen molar-refractivity contribution in [3.63, 3.8) is 0 Å². The second-order valence-corrected chi connectivity index (χ2v) is 4.86. The molecule has 1 aromatic rings. The van der Waals surface area contributed by atoms with Crippen LogP contribution >= 0.6 is 0 Å². The maximum Gasteiger partial charge on any atom is 0.229 e. The molecule has 0 aliphatic carbocycles. The van der Waals surface area contributed by atoms with Gasteiger partial charge in [0.05, 0.1) is 19.1 Å². The molecule has 0 bridgehead atoms. The van der Waals surface area contributed by atoms with Gasteiger partial charge in [0.2, 0.25) is 11.7 Å². The maximum atomic E-state index is 9.60. The second kappa shape index (κ2) is 5.77. The van der Waals surface area contributed by atoms with Crippen molar-refractivity contribution in [1.82, 2.24) is 10.1 Å². The van der Waals surface area contributed by atoms with Gasteiger partial charge in [0.1, 0.15) is 5.60 Å². The van der Waals surface area contributed by atoms with Crippen LogP contribution in [0.25, 0.3) is 0 Å². The topological polar surface area (TPSA) is 77.6 Å². The van der Waals surface area contributed by atoms with Crippen LogP contribution in [0.4, 0.5) is 0 Å². The van der Waals surface area contributed by atoms with Gasteiger partial charge in [-0.25, -0.2) is 0 Å². The monoisotopic (exact) mass is 256 g/mol. The Labute approximate surface area is 106 Å². The highest BCUT2D eigenvalue weighted by Crippen LogP contribution is 2.32. The molecule has 18 heavy (non-hydrogen) atoms. The highest BCUT2D eigenvalue weighted by Gasteiger charge is 2.35. The van der Waals surface area contributed by atoms with E-state index in [-0.39, 0.29) is 6.61 Å². The van der Waals surface area contributed by atoms with Gasteiger partial charge in [0.15, 0.2) is 0 Å². The molecule has 2 rings (SSSR count). The van der Waals surface area contributed by atoms with E-state index in [1.165, 1.54) is 0 Å². The molecule has 0 saturated carbocycles. The fourth-order valence-electron chi connectivity index (χ4n) is 2.12. The van der Waals surface area contributed by atoms with Gasteiger partial charge in [-0.1, -0.05) is 5.16 Å². The Morgan fingerprint density at radius 1 is 1.50 bits per heavy atom. The summed E-state index contributed by atoms with van der Waals surface area (Å²) in [4.78, 5) is 4.31. The van der Waals surface area contributed by atoms with Crippen LogP contribution in [0.15, 0.2) is 4.52 Å². The smallest absolute Gasteiger partial charge is 0.229 e. The largest absolute Gasteiger partial charge is 0.390 e. The van der Waals surface area contributed by atoms with Crippen molar-refractivity contribution in [2.24, 2.45) is 0 Å². The lowest BCUT2D eigenvalue weighted by Gasteiger charge is -2.30. The molecule has 1 aromatic heterocycles. The van der Waals surface area contributed by atoms with Crippen LogP contribution in [0.1, 0.15) is 37.9 Å². The van der Waals surface area contributed by atoms with Gasteiger partial charge in [-0.15, -0.1) is 0 Å². The molecule has 2 unspecified atom stereocenters. The fourth-order valence-corrected chi connectivity index (χ4v) is 2.12. The Morgan fingerprint density at radius 3 is 3.00 bits per heavy atom. The molecule has 2 heterocycles. The minimum atomic E-state index is -0.622. The molecular formula is C12H20N2O4. The summed E-state index contributed by atoms with van der Waals surface area (Å²) in [5.41, 5.74) is -0.452. The van der Waals surface area contributed by atoms with Crippen molar-refractivity contribution in [2.75, 3.05) is 20.3 Å². The van der Waals surface area contributed by atoms with Gasteiger partial charge in [-0.2, -0.15) is 4.98 Å². The van der Waals surface area contributed by atoms with Gasteiger partial charge >= 0.3 is 0 Å². The van der Waals surface area contributed by atoms with Gasteiger partial charge in [-0.3, -0.25) is 0 Å². The third-order valence-corrected chi connectivity index (χ3v) is 3.18. The van der Waals surface area contributed by atoms with Crippen molar-refractivity contribution in [2.45, 2.75) is 44.3 Å². The van der Waals surface area contributed by atoms with Gasteiger partial charge < -0.3 is 19.1 Å². The summed E-state index contributed by atoms with van der Waals surface area (Å²) in [7, 11) is 1.54. The van der Waals surface area contributed by atoms with Crippen molar-refractivity contribution in [3.05, 3.63) is 11.7 Å². The standard InChI is InChI=1S/C12H20N2O4/c1-12(5-3-4-6-17-12)11-13-10(18-14-11)7-9(15)8-16-2/h9,15H,3-8H2,1-2H3. The number of aliphatic hydroxyl groups is 1. The van der Waals surface area contributed by atoms with Crippen LogP contribution in [-0.4, -0.2) is 41.7 Å². The highest BCUT2D eigenvalue weighted by molar-refractivity contribution is 5.01. The van der Waals surface area contributed by atoms with Crippen molar-refractivity contribution in [3.8, 4) is 0 Å². The first-order valence-corrected chi connectivity index (χ1v) is 6.28. The molecule has 1 aliphatic rings. The number of hydrogen-bond acceptors (Lipinski definition) is 6. The minimum Gasteiger partial charge on any atom is -0.390 e. The summed E-state index contributed by atoms with van der Waals surface area (Å²) >= 11 is 0. The summed E-state index contributed by atoms with van der Waals surface area (Å²) in [6.07, 6.45) is 2.76. The maximum absolute atomic E-state index is 9.60. The number of aliphatic hydroxyl groups excluding tert-OH is 1. The SMILES string of the molecule is COCC(O)Cc1nc(C2(C)CCCCO2)no1. The van der Waals surface area contributed by atoms with E-state index in [0.717, 1.165) is 25.9 Å². The lowest BCUT2D eigenvalue weighted by Crippen LogP contribution is -2.31. The molecule has 0 radical (unpaired) electrons. The molecule has 1 N–H and O–H groups in total. The lowest BCUT2D eigenvalue weighted by molar-refractivity contribution is -0.0770. The van der Waals surface area contributed by atoms with E-state index in [9.17, 15) is 5.11 Å². The molecule has 0 amide bonds. The van der Waals surface area contributed by atoms with Gasteiger partial charge in [0, 0.05) is 13.7 Å². The number of hydrogen-bond donors (Lipinski definition) is 1. The summed E-state index contributed by atoms with van der Waals surface area (Å²) < 4.78 is 15.7. The highest BCUT2D eigenvalue weighted by atomic mass is 16.5. The van der Waals surface area contributed by atoms with Crippen LogP contribution in [0.3, 0.4) is 0 Å². The average molecular weight is 256 g/mol. The lowest BCUT2D eigenvalue weighted by atomic mass is 9.95. The van der Waals surface area contributed by atoms with Gasteiger partial charge in [-0.05, 0) is 26.2 Å². The quantitative estimate of drug-likeness (QED) is 0.848. The molecule has 0 spiro atoms. The first-order valence-electron chi connectivity index (χ1n) is 6.28. The van der Waals surface area contributed by atoms with E-state index in [2.05, 4.69) is 10.1 Å². The molecule has 0 aromatic carbocycles. The number of aromatic nitrogens is 2. The van der Waals surface area contributed by atoms with Crippen molar-refractivity contribution in [1.29, 1.82) is 0 Å². The molecule has 6 heteroatoms. The third-order valence-electron chi connectivity index (χ3n) is 3.18. The van der Waals surface area contributed by atoms with E-state index in [0.29, 0.717) is 18.1 Å². The number of ether oxygens (including phenoxy) is 2. The summed E-state index contributed by atoms with van der Waals surface area (Å²) in [6.45, 7) is 2.96. The molecule has 1 fully saturated rings. The Bertz CT molecular complexity index is 374. The zero-order chi connectivity index (χ0) is 13.0. The summed E-state index contributed by atoms with van der Waals surface area (Å²) in [5, 5.41) is 13.6. The first-order chi connectivity index (χ1) is 8.64. The predicted molar refractivity (Wildman–Crippen MR) is 63.0 cm³/mol. The van der Waals surface area contributed by atoms with Crippen LogP contribution in [0.2, 0.25) is 0 Å². The normalized spacial score (nSPS) is 26.2. The molecule has 1 saturated heterocycles. The Balaban J connectivity index is 2.00. The van der Waals surface area contributed by atoms with E-state index in [1.807, 2.05) is 6.92 Å². The third kappa shape index (κ3) is 3.07. The van der Waals surface area contributed by atoms with E-state index in [1.54, 1.807) is 7.11 Å². The predicted octanol–water partition coefficient (Wildman–Crippen LogP) is 1.04. The van der Waals surface area contributed by atoms with E-state index in [4.69, 9.17) is 14.0 Å². The Kier molecular flexibility index (Phi) is 4.31. The first kappa shape index (κ1) is 13.5. The van der Waals surface area contributed by atoms with Crippen LogP contribution in [0, 0.1) is 0 Å². The van der Waals surface area contributed by atoms with E-state index < -0.39 is 11.7 Å². The average Bonchev–Trinajstić information content (AvgIpc) is 2.79. The molecule has 2 atom stereocenters. The summed E-state index contributed by atoms with van der Waals surface area (Å²) in [5.74, 6) is 0.992. The molecule has 1 aliphatic heterocycles. The second-order valence-electron chi connectivity index (χ2n) is 4.86. The number of methoxy groups -OCH3 is 1. The zero-order valence-electron chi connectivity index (χ0n) is 10.9. The van der Waals surface area contributed by atoms with Crippen molar-refractivity contribution < 1.29 is 19.1 Å². The fraction of sp³-hybridized carbons (Fsp3) is 0.833. The van der Waals surface area contributed by atoms with Crippen LogP contribution < -0.4 is 0 Å². The molecular weight excluding hydrogens is 236 g/mol. The number of nitrogens with zero attached hydrogens (tertiary/aromatic N) is 2. The minimum absolute atomic E-state index is 0.255. The Hall–Kier alpha value is -0.980.